The number of nitrogens with one attached hydrogen (secondary N) is 1. The van der Waals surface area contributed by atoms with Crippen molar-refractivity contribution in [2.45, 2.75) is 58.0 Å². The molecule has 0 spiro atoms. The molecule has 0 bridgehead atoms. The number of rotatable bonds is 9. The molecule has 2 aromatic heterocycles. The average molecular weight is 547 g/mol. The monoisotopic (exact) mass is 546 g/mol. The minimum absolute atomic E-state index is 0.182. The molecule has 1 amide bonds. The summed E-state index contributed by atoms with van der Waals surface area (Å²) in [5.74, 6) is 0.336. The smallest absolute Gasteiger partial charge is 0.413 e. The van der Waals surface area contributed by atoms with Gasteiger partial charge in [0.15, 0.2) is 0 Å². The Kier molecular flexibility index (Phi) is 8.46. The molecule has 10 nitrogen and oxygen atoms in total. The zero-order valence-electron chi connectivity index (χ0n) is 23.5. The van der Waals surface area contributed by atoms with Gasteiger partial charge in [0.25, 0.3) is 0 Å². The summed E-state index contributed by atoms with van der Waals surface area (Å²) in [6, 6.07) is 14.3. The van der Waals surface area contributed by atoms with Crippen molar-refractivity contribution in [2.24, 2.45) is 0 Å². The summed E-state index contributed by atoms with van der Waals surface area (Å²) in [5, 5.41) is 17.9. The summed E-state index contributed by atoms with van der Waals surface area (Å²) in [6.07, 6.45) is 2.71. The highest BCUT2D eigenvalue weighted by Crippen LogP contribution is 2.27. The molecule has 1 saturated heterocycles. The highest BCUT2D eigenvalue weighted by atomic mass is 16.5. The lowest BCUT2D eigenvalue weighted by Crippen LogP contribution is -2.37. The van der Waals surface area contributed by atoms with Crippen molar-refractivity contribution in [1.29, 1.82) is 0 Å². The van der Waals surface area contributed by atoms with Crippen molar-refractivity contribution in [3.05, 3.63) is 70.7 Å². The predicted molar refractivity (Wildman–Crippen MR) is 152 cm³/mol. The number of benzene rings is 1. The van der Waals surface area contributed by atoms with E-state index in [1.807, 2.05) is 54.9 Å². The standard InChI is InChI=1S/C30H38N6O4/c1-20-16-21(2)36(33-20)26-8-4-6-23(17-26)27(18-28(37)40-3)31-25-12-15-34(19-25)14-11-24-10-9-22-7-5-13-35(30(38)39)29(22)32-24/h4,6,8-10,16-17,25,27,31H,5,7,11-15,18-19H2,1-3H3,(H,38,39)/t25-,27?/m0/s1. The van der Waals surface area contributed by atoms with Crippen molar-refractivity contribution < 1.29 is 19.4 Å². The SMILES string of the molecule is COC(=O)CC(N[C@H]1CCN(CCc2ccc3c(n2)N(C(=O)O)CCC3)C1)c1cccc(-n2nc(C)cc2C)c1. The summed E-state index contributed by atoms with van der Waals surface area (Å²) in [5.41, 5.74) is 5.92. The van der Waals surface area contributed by atoms with E-state index in [1.165, 1.54) is 12.0 Å². The van der Waals surface area contributed by atoms with Crippen molar-refractivity contribution in [1.82, 2.24) is 25.0 Å². The third kappa shape index (κ3) is 6.34. The molecule has 2 aliphatic rings. The summed E-state index contributed by atoms with van der Waals surface area (Å²) < 4.78 is 6.95. The Morgan fingerprint density at radius 1 is 1.18 bits per heavy atom. The number of likely N-dealkylation sites (tertiary alicyclic amines) is 1. The van der Waals surface area contributed by atoms with E-state index in [0.717, 1.165) is 79.2 Å². The fourth-order valence-corrected chi connectivity index (χ4v) is 5.82. The van der Waals surface area contributed by atoms with Gasteiger partial charge in [-0.3, -0.25) is 9.69 Å². The third-order valence-electron chi connectivity index (χ3n) is 7.85. The lowest BCUT2D eigenvalue weighted by atomic mass is 10.0. The van der Waals surface area contributed by atoms with Crippen LogP contribution in [0.1, 0.15) is 53.5 Å². The van der Waals surface area contributed by atoms with Crippen LogP contribution in [0.3, 0.4) is 0 Å². The molecule has 2 aliphatic heterocycles. The van der Waals surface area contributed by atoms with Gasteiger partial charge in [-0.1, -0.05) is 18.2 Å². The first kappa shape index (κ1) is 27.8. The van der Waals surface area contributed by atoms with Gasteiger partial charge in [0, 0.05) is 49.5 Å². The first-order valence-electron chi connectivity index (χ1n) is 14.0. The van der Waals surface area contributed by atoms with Crippen LogP contribution in [0.2, 0.25) is 0 Å². The molecule has 0 radical (unpaired) electrons. The molecule has 3 aromatic rings. The van der Waals surface area contributed by atoms with Crippen molar-refractivity contribution >= 4 is 17.9 Å². The minimum Gasteiger partial charge on any atom is -0.469 e. The maximum Gasteiger partial charge on any atom is 0.413 e. The summed E-state index contributed by atoms with van der Waals surface area (Å²) in [7, 11) is 1.42. The number of carbonyl (C=O) groups is 2. The van der Waals surface area contributed by atoms with E-state index in [1.54, 1.807) is 0 Å². The van der Waals surface area contributed by atoms with E-state index in [-0.39, 0.29) is 24.5 Å². The van der Waals surface area contributed by atoms with E-state index in [0.29, 0.717) is 12.4 Å². The van der Waals surface area contributed by atoms with Gasteiger partial charge in [0.1, 0.15) is 5.82 Å². The zero-order chi connectivity index (χ0) is 28.2. The second-order valence-corrected chi connectivity index (χ2v) is 10.8. The lowest BCUT2D eigenvalue weighted by Gasteiger charge is -2.26. The summed E-state index contributed by atoms with van der Waals surface area (Å²) in [6.45, 7) is 7.15. The molecule has 40 heavy (non-hydrogen) atoms. The molecule has 4 heterocycles. The van der Waals surface area contributed by atoms with Crippen molar-refractivity contribution in [3.8, 4) is 5.69 Å². The number of aromatic nitrogens is 3. The van der Waals surface area contributed by atoms with E-state index in [4.69, 9.17) is 9.72 Å². The normalized spacial score (nSPS) is 18.0. The molecule has 1 unspecified atom stereocenters. The number of ether oxygens (including phenoxy) is 1. The van der Waals surface area contributed by atoms with Gasteiger partial charge in [0.2, 0.25) is 0 Å². The molecule has 0 aliphatic carbocycles. The van der Waals surface area contributed by atoms with Crippen LogP contribution < -0.4 is 10.2 Å². The van der Waals surface area contributed by atoms with Crippen LogP contribution >= 0.6 is 0 Å². The molecule has 2 atom stereocenters. The highest BCUT2D eigenvalue weighted by Gasteiger charge is 2.28. The number of hydrogen-bond donors (Lipinski definition) is 2. The second-order valence-electron chi connectivity index (χ2n) is 10.8. The molecule has 2 N–H and O–H groups in total. The molecule has 212 valence electrons. The summed E-state index contributed by atoms with van der Waals surface area (Å²) >= 11 is 0. The van der Waals surface area contributed by atoms with Gasteiger partial charge >= 0.3 is 12.1 Å². The van der Waals surface area contributed by atoms with Gasteiger partial charge in [-0.25, -0.2) is 14.5 Å². The summed E-state index contributed by atoms with van der Waals surface area (Å²) in [4.78, 5) is 32.5. The Balaban J connectivity index is 1.23. The molecule has 5 rings (SSSR count). The Labute approximate surface area is 235 Å². The van der Waals surface area contributed by atoms with Crippen molar-refractivity contribution in [2.75, 3.05) is 38.2 Å². The van der Waals surface area contributed by atoms with Gasteiger partial charge in [-0.2, -0.15) is 5.10 Å². The number of nitrogens with zero attached hydrogens (tertiary/aromatic N) is 5. The Morgan fingerprint density at radius 2 is 2.02 bits per heavy atom. The van der Waals surface area contributed by atoms with E-state index in [9.17, 15) is 14.7 Å². The first-order chi connectivity index (χ1) is 19.3. The largest absolute Gasteiger partial charge is 0.469 e. The van der Waals surface area contributed by atoms with E-state index < -0.39 is 6.09 Å². The van der Waals surface area contributed by atoms with Crippen LogP contribution in [0.15, 0.2) is 42.5 Å². The topological polar surface area (TPSA) is 113 Å². The van der Waals surface area contributed by atoms with Crippen LogP contribution in [-0.4, -0.2) is 76.2 Å². The number of pyridine rings is 1. The maximum atomic E-state index is 12.3. The molecular formula is C30H38N6O4. The van der Waals surface area contributed by atoms with Crippen LogP contribution in [0.25, 0.3) is 5.69 Å². The fourth-order valence-electron chi connectivity index (χ4n) is 5.82. The number of hydrogen-bond acceptors (Lipinski definition) is 7. The van der Waals surface area contributed by atoms with Gasteiger partial charge in [-0.15, -0.1) is 0 Å². The molecule has 1 aromatic carbocycles. The Bertz CT molecular complexity index is 1370. The van der Waals surface area contributed by atoms with Gasteiger partial charge < -0.3 is 20.1 Å². The first-order valence-corrected chi connectivity index (χ1v) is 14.0. The van der Waals surface area contributed by atoms with Crippen molar-refractivity contribution in [3.63, 3.8) is 0 Å². The van der Waals surface area contributed by atoms with Crippen LogP contribution in [-0.2, 0) is 22.4 Å². The molecule has 1 fully saturated rings. The average Bonchev–Trinajstić information content (AvgIpc) is 3.55. The minimum atomic E-state index is -0.944. The molecular weight excluding hydrogens is 508 g/mol. The van der Waals surface area contributed by atoms with E-state index in [2.05, 4.69) is 21.4 Å². The third-order valence-corrected chi connectivity index (χ3v) is 7.85. The maximum absolute atomic E-state index is 12.3. The van der Waals surface area contributed by atoms with Gasteiger partial charge in [-0.05, 0) is 75.0 Å². The van der Waals surface area contributed by atoms with Crippen LogP contribution in [0.5, 0.6) is 0 Å². The van der Waals surface area contributed by atoms with Crippen LogP contribution in [0, 0.1) is 13.8 Å². The van der Waals surface area contributed by atoms with Crippen LogP contribution in [0.4, 0.5) is 10.6 Å². The molecule has 0 saturated carbocycles. The Hall–Kier alpha value is -3.76. The number of fused-ring (bicyclic) bond motifs is 1. The highest BCUT2D eigenvalue weighted by molar-refractivity contribution is 5.86. The fraction of sp³-hybridized carbons (Fsp3) is 0.467. The number of carboxylic acid groups (broad SMARTS) is 1. The number of anilines is 1. The number of aryl methyl sites for hydroxylation is 3. The number of amides is 1. The lowest BCUT2D eigenvalue weighted by molar-refractivity contribution is -0.141. The number of methoxy groups -OCH3 is 1. The zero-order valence-corrected chi connectivity index (χ0v) is 23.5. The van der Waals surface area contributed by atoms with Gasteiger partial charge in [0.05, 0.1) is 24.9 Å². The number of esters is 1. The Morgan fingerprint density at radius 3 is 2.77 bits per heavy atom. The second kappa shape index (κ2) is 12.2. The number of carbonyl (C=O) groups excluding carboxylic acids is 1. The molecule has 10 heteroatoms. The predicted octanol–water partition coefficient (Wildman–Crippen LogP) is 3.83. The van der Waals surface area contributed by atoms with E-state index >= 15 is 0 Å². The quantitative estimate of drug-likeness (QED) is 0.390.